The van der Waals surface area contributed by atoms with E-state index in [1.807, 2.05) is 32.3 Å². The minimum atomic E-state index is 0.498. The van der Waals surface area contributed by atoms with E-state index in [-0.39, 0.29) is 0 Å². The standard InChI is InChI=1S/C15H17N3.C2H6/c1-12-10-14(13-6-3-2-4-7-13)11-18(12)15-16-8-5-9-17-15;1-2/h2-9,12,14H,10-11H2,1H3;1-2H3. The Balaban J connectivity index is 0.000000704. The lowest BCUT2D eigenvalue weighted by Crippen LogP contribution is -2.28. The number of hydrogen-bond acceptors (Lipinski definition) is 3. The highest BCUT2D eigenvalue weighted by Gasteiger charge is 2.31. The maximum atomic E-state index is 4.35. The first-order chi connectivity index (χ1) is 9.84. The third-order valence-electron chi connectivity index (χ3n) is 3.65. The molecule has 20 heavy (non-hydrogen) atoms. The van der Waals surface area contributed by atoms with Crippen molar-refractivity contribution in [3.8, 4) is 0 Å². The topological polar surface area (TPSA) is 29.0 Å². The van der Waals surface area contributed by atoms with Crippen LogP contribution in [0.25, 0.3) is 0 Å². The van der Waals surface area contributed by atoms with Crippen LogP contribution in [0.3, 0.4) is 0 Å². The lowest BCUT2D eigenvalue weighted by atomic mass is 9.97. The maximum absolute atomic E-state index is 4.35. The smallest absolute Gasteiger partial charge is 0.225 e. The predicted octanol–water partition coefficient (Wildman–Crippen LogP) is 3.89. The second-order valence-corrected chi connectivity index (χ2v) is 4.89. The van der Waals surface area contributed by atoms with Crippen molar-refractivity contribution in [3.05, 3.63) is 54.4 Å². The van der Waals surface area contributed by atoms with Gasteiger partial charge in [0.15, 0.2) is 0 Å². The molecular formula is C17H23N3. The summed E-state index contributed by atoms with van der Waals surface area (Å²) in [5.74, 6) is 1.44. The molecule has 2 atom stereocenters. The Morgan fingerprint density at radius 1 is 1.00 bits per heavy atom. The molecule has 2 heterocycles. The fourth-order valence-electron chi connectivity index (χ4n) is 2.72. The number of aromatic nitrogens is 2. The second kappa shape index (κ2) is 7.04. The quantitative estimate of drug-likeness (QED) is 0.828. The van der Waals surface area contributed by atoms with Crippen molar-refractivity contribution in [2.75, 3.05) is 11.4 Å². The van der Waals surface area contributed by atoms with Crippen LogP contribution in [0, 0.1) is 0 Å². The summed E-state index contributed by atoms with van der Waals surface area (Å²) in [4.78, 5) is 11.0. The van der Waals surface area contributed by atoms with E-state index in [0.29, 0.717) is 12.0 Å². The first-order valence-electron chi connectivity index (χ1n) is 7.43. The minimum absolute atomic E-state index is 0.498. The van der Waals surface area contributed by atoms with Crippen LogP contribution in [-0.2, 0) is 0 Å². The van der Waals surface area contributed by atoms with E-state index in [1.165, 1.54) is 12.0 Å². The summed E-state index contributed by atoms with van der Waals surface area (Å²) in [5, 5.41) is 0. The van der Waals surface area contributed by atoms with E-state index in [9.17, 15) is 0 Å². The molecule has 2 unspecified atom stereocenters. The molecule has 0 aliphatic carbocycles. The van der Waals surface area contributed by atoms with E-state index in [2.05, 4.69) is 52.1 Å². The van der Waals surface area contributed by atoms with Gasteiger partial charge in [0.05, 0.1) is 0 Å². The number of hydrogen-bond donors (Lipinski definition) is 0. The summed E-state index contributed by atoms with van der Waals surface area (Å²) in [5.41, 5.74) is 1.42. The second-order valence-electron chi connectivity index (χ2n) is 4.89. The molecule has 106 valence electrons. The molecule has 1 aromatic carbocycles. The molecule has 1 aromatic heterocycles. The molecule has 0 bridgehead atoms. The van der Waals surface area contributed by atoms with Crippen LogP contribution < -0.4 is 4.90 Å². The number of nitrogens with zero attached hydrogens (tertiary/aromatic N) is 3. The highest BCUT2D eigenvalue weighted by atomic mass is 15.3. The summed E-state index contributed by atoms with van der Waals surface area (Å²) in [7, 11) is 0. The molecule has 3 heteroatoms. The van der Waals surface area contributed by atoms with Gasteiger partial charge in [-0.3, -0.25) is 0 Å². The van der Waals surface area contributed by atoms with Crippen molar-refractivity contribution >= 4 is 5.95 Å². The molecule has 0 saturated carbocycles. The van der Waals surface area contributed by atoms with Gasteiger partial charge in [0.2, 0.25) is 5.95 Å². The van der Waals surface area contributed by atoms with Crippen LogP contribution in [0.5, 0.6) is 0 Å². The van der Waals surface area contributed by atoms with E-state index < -0.39 is 0 Å². The van der Waals surface area contributed by atoms with Gasteiger partial charge in [-0.15, -0.1) is 0 Å². The monoisotopic (exact) mass is 269 g/mol. The molecule has 0 amide bonds. The molecule has 2 aromatic rings. The van der Waals surface area contributed by atoms with Crippen molar-refractivity contribution < 1.29 is 0 Å². The van der Waals surface area contributed by atoms with Gasteiger partial charge in [-0.25, -0.2) is 9.97 Å². The third-order valence-corrected chi connectivity index (χ3v) is 3.65. The van der Waals surface area contributed by atoms with Gasteiger partial charge in [0.1, 0.15) is 0 Å². The zero-order valence-corrected chi connectivity index (χ0v) is 12.5. The molecule has 0 spiro atoms. The molecule has 1 aliphatic rings. The van der Waals surface area contributed by atoms with Crippen molar-refractivity contribution in [2.24, 2.45) is 0 Å². The average molecular weight is 269 g/mol. The van der Waals surface area contributed by atoms with Crippen molar-refractivity contribution in [1.82, 2.24) is 9.97 Å². The normalized spacial score (nSPS) is 21.2. The molecule has 3 rings (SSSR count). The van der Waals surface area contributed by atoms with Gasteiger partial charge < -0.3 is 4.90 Å². The van der Waals surface area contributed by atoms with E-state index in [1.54, 1.807) is 0 Å². The van der Waals surface area contributed by atoms with Crippen molar-refractivity contribution in [2.45, 2.75) is 39.2 Å². The Labute approximate surface area is 121 Å². The number of anilines is 1. The average Bonchev–Trinajstić information content (AvgIpc) is 2.93. The fourth-order valence-corrected chi connectivity index (χ4v) is 2.72. The number of benzene rings is 1. The fraction of sp³-hybridized carbons (Fsp3) is 0.412. The first kappa shape index (κ1) is 14.5. The zero-order chi connectivity index (χ0) is 14.4. The maximum Gasteiger partial charge on any atom is 0.225 e. The van der Waals surface area contributed by atoms with Crippen LogP contribution >= 0.6 is 0 Å². The van der Waals surface area contributed by atoms with Gasteiger partial charge in [-0.05, 0) is 25.0 Å². The van der Waals surface area contributed by atoms with E-state index in [0.717, 1.165) is 12.5 Å². The van der Waals surface area contributed by atoms with Crippen molar-refractivity contribution in [1.29, 1.82) is 0 Å². The van der Waals surface area contributed by atoms with E-state index >= 15 is 0 Å². The molecule has 3 nitrogen and oxygen atoms in total. The Bertz CT molecular complexity index is 498. The minimum Gasteiger partial charge on any atom is -0.337 e. The lowest BCUT2D eigenvalue weighted by Gasteiger charge is -2.20. The van der Waals surface area contributed by atoms with Crippen LogP contribution in [0.1, 0.15) is 38.7 Å². The Kier molecular flexibility index (Phi) is 5.10. The molecule has 0 radical (unpaired) electrons. The van der Waals surface area contributed by atoms with Gasteiger partial charge in [-0.2, -0.15) is 0 Å². The SMILES string of the molecule is CC.CC1CC(c2ccccc2)CN1c1ncccn1. The Morgan fingerprint density at radius 2 is 1.65 bits per heavy atom. The summed E-state index contributed by atoms with van der Waals surface area (Å²) in [6, 6.07) is 13.1. The number of rotatable bonds is 2. The Hall–Kier alpha value is -1.90. The summed E-state index contributed by atoms with van der Waals surface area (Å²) >= 11 is 0. The third kappa shape index (κ3) is 3.16. The van der Waals surface area contributed by atoms with Crippen LogP contribution in [0.15, 0.2) is 48.8 Å². The van der Waals surface area contributed by atoms with E-state index in [4.69, 9.17) is 0 Å². The van der Waals surface area contributed by atoms with Crippen LogP contribution in [0.4, 0.5) is 5.95 Å². The molecule has 1 aliphatic heterocycles. The predicted molar refractivity (Wildman–Crippen MR) is 84.0 cm³/mol. The van der Waals surface area contributed by atoms with Crippen LogP contribution in [-0.4, -0.2) is 22.6 Å². The molecule has 1 fully saturated rings. The van der Waals surface area contributed by atoms with Crippen LogP contribution in [0.2, 0.25) is 0 Å². The molecular weight excluding hydrogens is 246 g/mol. The first-order valence-corrected chi connectivity index (χ1v) is 7.43. The zero-order valence-electron chi connectivity index (χ0n) is 12.5. The Morgan fingerprint density at radius 3 is 2.30 bits per heavy atom. The van der Waals surface area contributed by atoms with Gasteiger partial charge in [-0.1, -0.05) is 44.2 Å². The summed E-state index contributed by atoms with van der Waals surface area (Å²) < 4.78 is 0. The highest BCUT2D eigenvalue weighted by molar-refractivity contribution is 5.36. The summed E-state index contributed by atoms with van der Waals surface area (Å²) in [6.07, 6.45) is 4.79. The molecule has 0 N–H and O–H groups in total. The summed E-state index contributed by atoms with van der Waals surface area (Å²) in [6.45, 7) is 7.26. The van der Waals surface area contributed by atoms with Gasteiger partial charge in [0.25, 0.3) is 0 Å². The largest absolute Gasteiger partial charge is 0.337 e. The molecule has 1 saturated heterocycles. The van der Waals surface area contributed by atoms with Crippen molar-refractivity contribution in [3.63, 3.8) is 0 Å². The lowest BCUT2D eigenvalue weighted by molar-refractivity contribution is 0.693. The highest BCUT2D eigenvalue weighted by Crippen LogP contribution is 2.33. The van der Waals surface area contributed by atoms with Gasteiger partial charge in [0, 0.05) is 30.9 Å². The van der Waals surface area contributed by atoms with Gasteiger partial charge >= 0.3 is 0 Å².